The Kier molecular flexibility index (Phi) is 7.42. The highest BCUT2D eigenvalue weighted by Gasteiger charge is 2.24. The Morgan fingerprint density at radius 1 is 0.393 bits per heavy atom. The molecule has 0 bridgehead atoms. The molecule has 0 atom stereocenters. The van der Waals surface area contributed by atoms with Crippen molar-refractivity contribution >= 4 is 43.9 Å². The summed E-state index contributed by atoms with van der Waals surface area (Å²) in [5.74, 6) is 0.703. The first kappa shape index (κ1) is 31.9. The Hall–Kier alpha value is -7.63. The van der Waals surface area contributed by atoms with E-state index in [1.165, 1.54) is 0 Å². The van der Waals surface area contributed by atoms with E-state index in [4.69, 9.17) is 19.4 Å². The lowest BCUT2D eigenvalue weighted by Gasteiger charge is -2.11. The minimum Gasteiger partial charge on any atom is -0.437 e. The number of furan rings is 1. The van der Waals surface area contributed by atoms with E-state index in [1.54, 1.807) is 0 Å². The molecule has 4 aromatic heterocycles. The second-order valence-corrected chi connectivity index (χ2v) is 14.0. The molecule has 5 heteroatoms. The van der Waals surface area contributed by atoms with Crippen molar-refractivity contribution in [1.29, 1.82) is 0 Å². The van der Waals surface area contributed by atoms with Gasteiger partial charge in [0, 0.05) is 44.1 Å². The van der Waals surface area contributed by atoms with Crippen LogP contribution in [0.25, 0.3) is 106 Å². The molecule has 0 amide bonds. The van der Waals surface area contributed by atoms with Gasteiger partial charge in [-0.15, -0.1) is 0 Å². The Morgan fingerprint density at radius 3 is 1.64 bits per heavy atom. The van der Waals surface area contributed by atoms with Crippen molar-refractivity contribution in [3.8, 4) is 62.0 Å². The fraction of sp³-hybridized carbons (Fsp3) is 0. The average Bonchev–Trinajstić information content (AvgIpc) is 3.82. The summed E-state index contributed by atoms with van der Waals surface area (Å²) in [6.45, 7) is 0. The van der Waals surface area contributed by atoms with Crippen LogP contribution < -0.4 is 0 Å². The third kappa shape index (κ3) is 5.29. The summed E-state index contributed by atoms with van der Waals surface area (Å²) in [7, 11) is 0. The van der Waals surface area contributed by atoms with Crippen LogP contribution in [-0.4, -0.2) is 19.5 Å². The molecule has 5 nitrogen and oxygen atoms in total. The second-order valence-electron chi connectivity index (χ2n) is 14.0. The second kappa shape index (κ2) is 13.0. The largest absolute Gasteiger partial charge is 0.437 e. The normalized spacial score (nSPS) is 11.6. The monoisotopic (exact) mass is 716 g/mol. The summed E-state index contributed by atoms with van der Waals surface area (Å²) in [5.41, 5.74) is 13.6. The zero-order valence-corrected chi connectivity index (χ0v) is 30.2. The van der Waals surface area contributed by atoms with Crippen molar-refractivity contribution < 1.29 is 4.42 Å². The maximum Gasteiger partial charge on any atom is 0.213 e. The number of nitrogens with zero attached hydrogens (tertiary/aromatic N) is 4. The fourth-order valence-electron chi connectivity index (χ4n) is 7.95. The molecule has 7 aromatic carbocycles. The third-order valence-corrected chi connectivity index (χ3v) is 10.6. The molecule has 11 aromatic rings. The van der Waals surface area contributed by atoms with E-state index in [2.05, 4.69) is 132 Å². The Labute approximate surface area is 322 Å². The first-order valence-electron chi connectivity index (χ1n) is 18.8. The van der Waals surface area contributed by atoms with Gasteiger partial charge in [-0.1, -0.05) is 164 Å². The SMILES string of the molecule is c1ccc(-c2cc(-c3ccc(-c4ccc5c6c7c(oc6n(-c6ccccc6)c5c4)c(-c4ccccc4)nc4ccccc47)cc3)nc(-c3ccccc3)n2)cc1. The highest BCUT2D eigenvalue weighted by Crippen LogP contribution is 2.45. The summed E-state index contributed by atoms with van der Waals surface area (Å²) < 4.78 is 9.25. The van der Waals surface area contributed by atoms with Crippen LogP contribution in [0.4, 0.5) is 0 Å². The molecule has 0 saturated carbocycles. The quantitative estimate of drug-likeness (QED) is 0.172. The Morgan fingerprint density at radius 2 is 0.946 bits per heavy atom. The molecule has 0 fully saturated rings. The van der Waals surface area contributed by atoms with Gasteiger partial charge in [-0.25, -0.2) is 15.0 Å². The van der Waals surface area contributed by atoms with Gasteiger partial charge in [0.1, 0.15) is 5.69 Å². The lowest BCUT2D eigenvalue weighted by molar-refractivity contribution is 0.645. The predicted octanol–water partition coefficient (Wildman–Crippen LogP) is 13.2. The van der Waals surface area contributed by atoms with Crippen LogP contribution in [0.2, 0.25) is 0 Å². The van der Waals surface area contributed by atoms with Crippen LogP contribution in [0.15, 0.2) is 199 Å². The number of rotatable bonds is 6. The first-order chi connectivity index (χ1) is 27.8. The molecule has 0 aliphatic carbocycles. The highest BCUT2D eigenvalue weighted by molar-refractivity contribution is 6.28. The molecule has 11 rings (SSSR count). The Bertz CT molecular complexity index is 3150. The minimum atomic E-state index is 0.703. The van der Waals surface area contributed by atoms with Crippen molar-refractivity contribution in [2.75, 3.05) is 0 Å². The minimum absolute atomic E-state index is 0.703. The summed E-state index contributed by atoms with van der Waals surface area (Å²) in [6, 6.07) is 67.1. The van der Waals surface area contributed by atoms with Crippen molar-refractivity contribution in [3.63, 3.8) is 0 Å². The van der Waals surface area contributed by atoms with Gasteiger partial charge in [0.05, 0.1) is 27.8 Å². The zero-order chi connectivity index (χ0) is 37.0. The van der Waals surface area contributed by atoms with Crippen molar-refractivity contribution in [2.24, 2.45) is 0 Å². The van der Waals surface area contributed by atoms with Gasteiger partial charge in [-0.05, 0) is 41.5 Å². The van der Waals surface area contributed by atoms with Crippen LogP contribution in [0.1, 0.15) is 0 Å². The van der Waals surface area contributed by atoms with Crippen LogP contribution >= 0.6 is 0 Å². The van der Waals surface area contributed by atoms with Crippen molar-refractivity contribution in [2.45, 2.75) is 0 Å². The summed E-state index contributed by atoms with van der Waals surface area (Å²) in [5, 5.41) is 4.36. The molecule has 0 aliphatic heterocycles. The molecule has 0 N–H and O–H groups in total. The molecule has 0 aliphatic rings. The lowest BCUT2D eigenvalue weighted by atomic mass is 9.99. The number of hydrogen-bond donors (Lipinski definition) is 0. The number of benzene rings is 7. The Balaban J connectivity index is 1.08. The maximum atomic E-state index is 7.00. The molecule has 0 saturated heterocycles. The lowest BCUT2D eigenvalue weighted by Crippen LogP contribution is -1.95. The maximum absolute atomic E-state index is 7.00. The van der Waals surface area contributed by atoms with Gasteiger partial charge >= 0.3 is 0 Å². The topological polar surface area (TPSA) is 56.7 Å². The highest BCUT2D eigenvalue weighted by atomic mass is 16.3. The number of aromatic nitrogens is 4. The standard InChI is InChI=1S/C51H32N4O/c1-5-15-34(16-6-1)43-32-44(54-50(53-43)37-19-9-3-10-20-37)35-27-25-33(26-28-35)38-29-30-41-45(31-38)55(39-21-11-4-12-22-39)51-47(41)46-40-23-13-14-24-42(40)52-48(49(46)56-51)36-17-7-2-8-18-36/h1-32H. The van der Waals surface area contributed by atoms with Crippen LogP contribution in [0, 0.1) is 0 Å². The first-order valence-corrected chi connectivity index (χ1v) is 18.8. The van der Waals surface area contributed by atoms with E-state index >= 15 is 0 Å². The fourth-order valence-corrected chi connectivity index (χ4v) is 7.95. The smallest absolute Gasteiger partial charge is 0.213 e. The van der Waals surface area contributed by atoms with E-state index in [9.17, 15) is 0 Å². The number of fused-ring (bicyclic) bond motifs is 7. The van der Waals surface area contributed by atoms with Gasteiger partial charge < -0.3 is 4.42 Å². The van der Waals surface area contributed by atoms with E-state index in [1.807, 2.05) is 66.7 Å². The third-order valence-electron chi connectivity index (χ3n) is 10.6. The van der Waals surface area contributed by atoms with Crippen molar-refractivity contribution in [3.05, 3.63) is 194 Å². The molecule has 56 heavy (non-hydrogen) atoms. The van der Waals surface area contributed by atoms with Gasteiger partial charge in [0.2, 0.25) is 5.71 Å². The van der Waals surface area contributed by atoms with Crippen LogP contribution in [0.3, 0.4) is 0 Å². The number of hydrogen-bond acceptors (Lipinski definition) is 4. The molecule has 0 unspecified atom stereocenters. The molecule has 262 valence electrons. The van der Waals surface area contributed by atoms with E-state index in [0.29, 0.717) is 5.82 Å². The molecule has 0 spiro atoms. The summed E-state index contributed by atoms with van der Waals surface area (Å²) >= 11 is 0. The summed E-state index contributed by atoms with van der Waals surface area (Å²) in [4.78, 5) is 15.2. The van der Waals surface area contributed by atoms with E-state index in [0.717, 1.165) is 100 Å². The summed E-state index contributed by atoms with van der Waals surface area (Å²) in [6.07, 6.45) is 0. The van der Waals surface area contributed by atoms with Gasteiger partial charge in [-0.3, -0.25) is 4.57 Å². The predicted molar refractivity (Wildman–Crippen MR) is 229 cm³/mol. The molecular formula is C51H32N4O. The van der Waals surface area contributed by atoms with Gasteiger partial charge in [0.25, 0.3) is 0 Å². The average molecular weight is 717 g/mol. The van der Waals surface area contributed by atoms with Crippen LogP contribution in [0.5, 0.6) is 0 Å². The number of pyridine rings is 1. The number of para-hydroxylation sites is 2. The van der Waals surface area contributed by atoms with Crippen LogP contribution in [-0.2, 0) is 0 Å². The van der Waals surface area contributed by atoms with Gasteiger partial charge in [-0.2, -0.15) is 0 Å². The van der Waals surface area contributed by atoms with E-state index in [-0.39, 0.29) is 0 Å². The molecule has 0 radical (unpaired) electrons. The molecular weight excluding hydrogens is 685 g/mol. The van der Waals surface area contributed by atoms with Crippen molar-refractivity contribution in [1.82, 2.24) is 19.5 Å². The molecule has 4 heterocycles. The van der Waals surface area contributed by atoms with E-state index < -0.39 is 0 Å². The van der Waals surface area contributed by atoms with Gasteiger partial charge in [0.15, 0.2) is 11.4 Å². The zero-order valence-electron chi connectivity index (χ0n) is 30.2.